The molecule has 3 aromatic rings. The Kier molecular flexibility index (Phi) is 6.18. The Balaban J connectivity index is 1.71. The second-order valence-corrected chi connectivity index (χ2v) is 6.60. The molecule has 0 bridgehead atoms. The van der Waals surface area contributed by atoms with E-state index in [-0.39, 0.29) is 17.9 Å². The van der Waals surface area contributed by atoms with Gasteiger partial charge in [0.25, 0.3) is 5.91 Å². The van der Waals surface area contributed by atoms with Crippen molar-refractivity contribution in [3.63, 3.8) is 0 Å². The van der Waals surface area contributed by atoms with Gasteiger partial charge in [0.2, 0.25) is 0 Å². The Morgan fingerprint density at radius 1 is 1.14 bits per heavy atom. The average Bonchev–Trinajstić information content (AvgIpc) is 3.21. The van der Waals surface area contributed by atoms with E-state index in [9.17, 15) is 14.7 Å². The van der Waals surface area contributed by atoms with Crippen molar-refractivity contribution in [2.45, 2.75) is 0 Å². The van der Waals surface area contributed by atoms with Crippen molar-refractivity contribution >= 4 is 28.3 Å². The highest BCUT2D eigenvalue weighted by Gasteiger charge is 2.21. The summed E-state index contributed by atoms with van der Waals surface area (Å²) in [5.41, 5.74) is 1.71. The maximum absolute atomic E-state index is 12.6. The van der Waals surface area contributed by atoms with E-state index in [1.807, 2.05) is 35.7 Å². The maximum atomic E-state index is 12.6. The molecular formula is C21H18N2O4S. The van der Waals surface area contributed by atoms with Crippen LogP contribution in [-0.2, 0) is 9.53 Å². The lowest BCUT2D eigenvalue weighted by molar-refractivity contribution is -0.121. The third-order valence-corrected chi connectivity index (χ3v) is 4.72. The standard InChI is InChI=1S/C21H18N2O4S/c1-2-12-23(21-22-17(14-28-21)15-8-4-3-5-9-15)19(25)13-27-20(26)16-10-6-7-11-18(16)24/h2-11,14,24H,1,12-13H2. The average molecular weight is 394 g/mol. The first-order chi connectivity index (χ1) is 13.6. The Bertz CT molecular complexity index is 985. The van der Waals surface area contributed by atoms with Gasteiger partial charge >= 0.3 is 5.97 Å². The minimum Gasteiger partial charge on any atom is -0.507 e. The van der Waals surface area contributed by atoms with Crippen LogP contribution >= 0.6 is 11.3 Å². The van der Waals surface area contributed by atoms with Crippen LogP contribution in [0.1, 0.15) is 10.4 Å². The summed E-state index contributed by atoms with van der Waals surface area (Å²) in [7, 11) is 0. The lowest BCUT2D eigenvalue weighted by Crippen LogP contribution is -2.34. The zero-order valence-corrected chi connectivity index (χ0v) is 15.8. The van der Waals surface area contributed by atoms with Crippen LogP contribution in [0.5, 0.6) is 5.75 Å². The monoisotopic (exact) mass is 394 g/mol. The molecule has 0 fully saturated rings. The second-order valence-electron chi connectivity index (χ2n) is 5.77. The molecule has 0 atom stereocenters. The van der Waals surface area contributed by atoms with Crippen molar-refractivity contribution in [1.29, 1.82) is 0 Å². The van der Waals surface area contributed by atoms with Crippen LogP contribution in [0.4, 0.5) is 5.13 Å². The van der Waals surface area contributed by atoms with Crippen molar-refractivity contribution in [2.75, 3.05) is 18.1 Å². The van der Waals surface area contributed by atoms with Crippen LogP contribution in [0.15, 0.2) is 72.6 Å². The smallest absolute Gasteiger partial charge is 0.342 e. The van der Waals surface area contributed by atoms with E-state index in [1.54, 1.807) is 18.2 Å². The molecule has 0 unspecified atom stereocenters. The first-order valence-electron chi connectivity index (χ1n) is 8.47. The molecular weight excluding hydrogens is 376 g/mol. The van der Waals surface area contributed by atoms with Gasteiger partial charge in [-0.05, 0) is 12.1 Å². The first kappa shape index (κ1) is 19.3. The van der Waals surface area contributed by atoms with Gasteiger partial charge in [-0.25, -0.2) is 9.78 Å². The van der Waals surface area contributed by atoms with E-state index < -0.39 is 18.5 Å². The highest BCUT2D eigenvalue weighted by Crippen LogP contribution is 2.27. The number of nitrogens with zero attached hydrogens (tertiary/aromatic N) is 2. The molecule has 2 aromatic carbocycles. The number of hydrogen-bond donors (Lipinski definition) is 1. The summed E-state index contributed by atoms with van der Waals surface area (Å²) in [4.78, 5) is 30.6. The fourth-order valence-electron chi connectivity index (χ4n) is 2.47. The predicted octanol–water partition coefficient (Wildman–Crippen LogP) is 3.89. The Labute approximate surface area is 166 Å². The zero-order chi connectivity index (χ0) is 19.9. The summed E-state index contributed by atoms with van der Waals surface area (Å²) < 4.78 is 5.06. The first-order valence-corrected chi connectivity index (χ1v) is 9.35. The number of anilines is 1. The zero-order valence-electron chi connectivity index (χ0n) is 14.9. The molecule has 1 N–H and O–H groups in total. The number of para-hydroxylation sites is 1. The molecule has 1 amide bonds. The summed E-state index contributed by atoms with van der Waals surface area (Å²) in [5, 5.41) is 12.1. The van der Waals surface area contributed by atoms with Crippen LogP contribution in [0.2, 0.25) is 0 Å². The Morgan fingerprint density at radius 3 is 2.57 bits per heavy atom. The Hall–Kier alpha value is -3.45. The fourth-order valence-corrected chi connectivity index (χ4v) is 3.34. The molecule has 0 aliphatic heterocycles. The number of ether oxygens (including phenoxy) is 1. The highest BCUT2D eigenvalue weighted by molar-refractivity contribution is 7.14. The van der Waals surface area contributed by atoms with Crippen LogP contribution in [0.3, 0.4) is 0 Å². The number of rotatable bonds is 7. The predicted molar refractivity (Wildman–Crippen MR) is 108 cm³/mol. The number of thiazole rings is 1. The molecule has 0 aliphatic carbocycles. The van der Waals surface area contributed by atoms with Gasteiger partial charge in [0.05, 0.1) is 5.69 Å². The molecule has 1 heterocycles. The number of benzene rings is 2. The molecule has 6 nitrogen and oxygen atoms in total. The van der Waals surface area contributed by atoms with Crippen molar-refractivity contribution < 1.29 is 19.4 Å². The van der Waals surface area contributed by atoms with Gasteiger partial charge in [0.15, 0.2) is 11.7 Å². The number of esters is 1. The molecule has 1 aromatic heterocycles. The van der Waals surface area contributed by atoms with Gasteiger partial charge in [-0.15, -0.1) is 17.9 Å². The summed E-state index contributed by atoms with van der Waals surface area (Å²) in [5.74, 6) is -1.40. The minimum atomic E-state index is -0.769. The molecule has 7 heteroatoms. The van der Waals surface area contributed by atoms with E-state index in [0.29, 0.717) is 5.13 Å². The van der Waals surface area contributed by atoms with E-state index >= 15 is 0 Å². The van der Waals surface area contributed by atoms with E-state index in [0.717, 1.165) is 11.3 Å². The van der Waals surface area contributed by atoms with Crippen molar-refractivity contribution in [1.82, 2.24) is 4.98 Å². The summed E-state index contributed by atoms with van der Waals surface area (Å²) >= 11 is 1.32. The van der Waals surface area contributed by atoms with Crippen LogP contribution in [0, 0.1) is 0 Å². The molecule has 0 radical (unpaired) electrons. The number of hydrogen-bond acceptors (Lipinski definition) is 6. The number of phenols is 1. The lowest BCUT2D eigenvalue weighted by Gasteiger charge is -2.18. The van der Waals surface area contributed by atoms with Gasteiger partial charge in [-0.2, -0.15) is 0 Å². The van der Waals surface area contributed by atoms with Gasteiger partial charge < -0.3 is 9.84 Å². The molecule has 28 heavy (non-hydrogen) atoms. The van der Waals surface area contributed by atoms with Crippen LogP contribution in [-0.4, -0.2) is 35.1 Å². The van der Waals surface area contributed by atoms with Crippen LogP contribution in [0.25, 0.3) is 11.3 Å². The molecule has 0 saturated heterocycles. The number of carbonyl (C=O) groups excluding carboxylic acids is 2. The van der Waals surface area contributed by atoms with Crippen molar-refractivity contribution in [3.8, 4) is 17.0 Å². The number of aromatic hydroxyl groups is 1. The third-order valence-electron chi connectivity index (χ3n) is 3.86. The van der Waals surface area contributed by atoms with Gasteiger partial charge in [-0.1, -0.05) is 48.5 Å². The van der Waals surface area contributed by atoms with Gasteiger partial charge in [-0.3, -0.25) is 9.69 Å². The normalized spacial score (nSPS) is 10.3. The largest absolute Gasteiger partial charge is 0.507 e. The third kappa shape index (κ3) is 4.44. The SMILES string of the molecule is C=CCN(C(=O)COC(=O)c1ccccc1O)c1nc(-c2ccccc2)cs1. The summed E-state index contributed by atoms with van der Waals surface area (Å²) in [6, 6.07) is 15.6. The van der Waals surface area contributed by atoms with E-state index in [4.69, 9.17) is 4.74 Å². The molecule has 142 valence electrons. The maximum Gasteiger partial charge on any atom is 0.342 e. The lowest BCUT2D eigenvalue weighted by atomic mass is 10.2. The number of aromatic nitrogens is 1. The van der Waals surface area contributed by atoms with Gasteiger partial charge in [0, 0.05) is 17.5 Å². The quantitative estimate of drug-likeness (QED) is 0.486. The molecule has 3 rings (SSSR count). The van der Waals surface area contributed by atoms with Crippen molar-refractivity contribution in [2.24, 2.45) is 0 Å². The summed E-state index contributed by atoms with van der Waals surface area (Å²) in [6.07, 6.45) is 1.58. The Morgan fingerprint density at radius 2 is 1.86 bits per heavy atom. The topological polar surface area (TPSA) is 79.7 Å². The number of phenolic OH excluding ortho intramolecular Hbond substituents is 1. The molecule has 0 saturated carbocycles. The fraction of sp³-hybridized carbons (Fsp3) is 0.0952. The van der Waals surface area contributed by atoms with Crippen LogP contribution < -0.4 is 4.90 Å². The molecule has 0 aliphatic rings. The van der Waals surface area contributed by atoms with E-state index in [2.05, 4.69) is 11.6 Å². The number of carbonyl (C=O) groups is 2. The minimum absolute atomic E-state index is 0.00573. The van der Waals surface area contributed by atoms with E-state index in [1.165, 1.54) is 28.4 Å². The van der Waals surface area contributed by atoms with Gasteiger partial charge in [0.1, 0.15) is 11.3 Å². The van der Waals surface area contributed by atoms with Crippen molar-refractivity contribution in [3.05, 3.63) is 78.2 Å². The molecule has 0 spiro atoms. The summed E-state index contributed by atoms with van der Waals surface area (Å²) in [6.45, 7) is 3.43. The highest BCUT2D eigenvalue weighted by atomic mass is 32.1. The number of amides is 1. The second kappa shape index (κ2) is 8.96.